The maximum atomic E-state index is 12.4. The molecule has 27 heavy (non-hydrogen) atoms. The summed E-state index contributed by atoms with van der Waals surface area (Å²) in [7, 11) is 0. The Bertz CT molecular complexity index is 755. The monoisotopic (exact) mass is 373 g/mol. The van der Waals surface area contributed by atoms with Gasteiger partial charge >= 0.3 is 0 Å². The van der Waals surface area contributed by atoms with Crippen molar-refractivity contribution in [3.8, 4) is 0 Å². The van der Waals surface area contributed by atoms with Crippen LogP contribution in [0.25, 0.3) is 0 Å². The van der Waals surface area contributed by atoms with Gasteiger partial charge in [0, 0.05) is 30.6 Å². The third-order valence-electron chi connectivity index (χ3n) is 5.62. The van der Waals surface area contributed by atoms with Crippen LogP contribution in [0.1, 0.15) is 56.9 Å². The maximum Gasteiger partial charge on any atom is 0.290 e. The van der Waals surface area contributed by atoms with Gasteiger partial charge in [0.1, 0.15) is 17.8 Å². The van der Waals surface area contributed by atoms with Gasteiger partial charge in [-0.3, -0.25) is 14.4 Å². The summed E-state index contributed by atoms with van der Waals surface area (Å²) in [5.74, 6) is -0.652. The summed E-state index contributed by atoms with van der Waals surface area (Å²) >= 11 is 0. The standard InChI is InChI=1S/C19H27N5O3/c1-18(2,3)15(25)17(27)24-6-4-19(5-7-24)9-12(10-19)23-14-8-13(16(20)26)21-11-22-14/h8,11-12H,4-7,9-10H2,1-3H3,(H2,20,26)(H,21,22,23). The number of primary amides is 1. The van der Waals surface area contributed by atoms with Gasteiger partial charge in [-0.25, -0.2) is 9.97 Å². The van der Waals surface area contributed by atoms with E-state index in [1.165, 1.54) is 6.33 Å². The van der Waals surface area contributed by atoms with Crippen molar-refractivity contribution in [1.29, 1.82) is 0 Å². The summed E-state index contributed by atoms with van der Waals surface area (Å²) in [6.45, 7) is 6.59. The number of carbonyl (C=O) groups is 3. The van der Waals surface area contributed by atoms with Crippen molar-refractivity contribution in [1.82, 2.24) is 14.9 Å². The van der Waals surface area contributed by atoms with E-state index in [1.807, 2.05) is 0 Å². The number of nitrogens with one attached hydrogen (secondary N) is 1. The average molecular weight is 373 g/mol. The molecule has 8 nitrogen and oxygen atoms in total. The Hall–Kier alpha value is -2.51. The summed E-state index contributed by atoms with van der Waals surface area (Å²) in [5, 5.41) is 3.32. The number of anilines is 1. The van der Waals surface area contributed by atoms with Crippen LogP contribution in [0, 0.1) is 10.8 Å². The summed E-state index contributed by atoms with van der Waals surface area (Å²) in [5.41, 5.74) is 5.02. The fourth-order valence-electron chi connectivity index (χ4n) is 3.92. The molecule has 2 heterocycles. The van der Waals surface area contributed by atoms with Crippen LogP contribution in [0.15, 0.2) is 12.4 Å². The molecule has 2 aliphatic rings. The minimum absolute atomic E-state index is 0.192. The van der Waals surface area contributed by atoms with Gasteiger partial charge in [-0.05, 0) is 31.1 Å². The van der Waals surface area contributed by atoms with E-state index in [4.69, 9.17) is 5.73 Å². The first-order chi connectivity index (χ1) is 12.6. The topological polar surface area (TPSA) is 118 Å². The highest BCUT2D eigenvalue weighted by Crippen LogP contribution is 2.50. The van der Waals surface area contributed by atoms with Gasteiger partial charge in [0.15, 0.2) is 0 Å². The van der Waals surface area contributed by atoms with Crippen LogP contribution in [0.3, 0.4) is 0 Å². The molecular formula is C19H27N5O3. The van der Waals surface area contributed by atoms with Crippen LogP contribution >= 0.6 is 0 Å². The van der Waals surface area contributed by atoms with Gasteiger partial charge in [0.25, 0.3) is 11.8 Å². The molecule has 3 N–H and O–H groups in total. The number of aromatic nitrogens is 2. The van der Waals surface area contributed by atoms with Crippen LogP contribution in [0.5, 0.6) is 0 Å². The summed E-state index contributed by atoms with van der Waals surface area (Å²) < 4.78 is 0. The van der Waals surface area contributed by atoms with E-state index in [0.717, 1.165) is 25.7 Å². The zero-order valence-electron chi connectivity index (χ0n) is 16.1. The Morgan fingerprint density at radius 3 is 2.37 bits per heavy atom. The van der Waals surface area contributed by atoms with E-state index in [0.29, 0.717) is 18.9 Å². The lowest BCUT2D eigenvalue weighted by molar-refractivity contribution is -0.150. The molecular weight excluding hydrogens is 346 g/mol. The molecule has 1 aromatic rings. The van der Waals surface area contributed by atoms with Gasteiger partial charge in [-0.1, -0.05) is 20.8 Å². The third kappa shape index (κ3) is 4.09. The molecule has 0 radical (unpaired) electrons. The van der Waals surface area contributed by atoms with Crippen LogP contribution in [-0.2, 0) is 9.59 Å². The largest absolute Gasteiger partial charge is 0.367 e. The number of rotatable bonds is 4. The van der Waals surface area contributed by atoms with E-state index in [1.54, 1.807) is 31.7 Å². The fourth-order valence-corrected chi connectivity index (χ4v) is 3.92. The number of amides is 2. The molecule has 1 saturated heterocycles. The maximum absolute atomic E-state index is 12.4. The molecule has 1 aliphatic heterocycles. The molecule has 0 bridgehead atoms. The SMILES string of the molecule is CC(C)(C)C(=O)C(=O)N1CCC2(CC1)CC(Nc1cc(C(N)=O)ncn1)C2. The lowest BCUT2D eigenvalue weighted by Crippen LogP contribution is -2.54. The van der Waals surface area contributed by atoms with E-state index in [2.05, 4.69) is 15.3 Å². The first-order valence-electron chi connectivity index (χ1n) is 9.32. The number of likely N-dealkylation sites (tertiary alicyclic amines) is 1. The normalized spacial score (nSPS) is 19.4. The number of hydrogen-bond acceptors (Lipinski definition) is 6. The zero-order chi connectivity index (χ0) is 19.8. The van der Waals surface area contributed by atoms with Crippen molar-refractivity contribution in [2.75, 3.05) is 18.4 Å². The predicted octanol–water partition coefficient (Wildman–Crippen LogP) is 1.37. The minimum atomic E-state index is -0.640. The first kappa shape index (κ1) is 19.3. The molecule has 2 fully saturated rings. The second-order valence-corrected chi connectivity index (χ2v) is 8.77. The number of nitrogens with two attached hydrogens (primary N) is 1. The van der Waals surface area contributed by atoms with Crippen LogP contribution in [-0.4, -0.2) is 51.6 Å². The number of Topliss-reactive ketones (excluding diaryl/α,β-unsaturated/α-hetero) is 1. The van der Waals surface area contributed by atoms with Crippen molar-refractivity contribution in [2.45, 2.75) is 52.5 Å². The van der Waals surface area contributed by atoms with E-state index < -0.39 is 11.3 Å². The highest BCUT2D eigenvalue weighted by molar-refractivity contribution is 6.37. The highest BCUT2D eigenvalue weighted by atomic mass is 16.2. The minimum Gasteiger partial charge on any atom is -0.367 e. The van der Waals surface area contributed by atoms with Gasteiger partial charge in [0.05, 0.1) is 0 Å². The number of nitrogens with zero attached hydrogens (tertiary/aromatic N) is 3. The summed E-state index contributed by atoms with van der Waals surface area (Å²) in [4.78, 5) is 45.4. The van der Waals surface area contributed by atoms with Crippen molar-refractivity contribution in [2.24, 2.45) is 16.6 Å². The number of hydrogen-bond donors (Lipinski definition) is 2. The van der Waals surface area contributed by atoms with Gasteiger partial charge in [-0.15, -0.1) is 0 Å². The zero-order valence-corrected chi connectivity index (χ0v) is 16.1. The Morgan fingerprint density at radius 2 is 1.81 bits per heavy atom. The van der Waals surface area contributed by atoms with Crippen molar-refractivity contribution < 1.29 is 14.4 Å². The summed E-state index contributed by atoms with van der Waals surface area (Å²) in [6, 6.07) is 1.84. The van der Waals surface area contributed by atoms with Crippen LogP contribution < -0.4 is 11.1 Å². The molecule has 0 unspecified atom stereocenters. The molecule has 146 valence electrons. The smallest absolute Gasteiger partial charge is 0.290 e. The molecule has 0 atom stereocenters. The Morgan fingerprint density at radius 1 is 1.19 bits per heavy atom. The van der Waals surface area contributed by atoms with Crippen LogP contribution in [0.4, 0.5) is 5.82 Å². The first-order valence-corrected chi connectivity index (χ1v) is 9.32. The molecule has 2 amide bonds. The number of ketones is 1. The summed E-state index contributed by atoms with van der Waals surface area (Å²) in [6.07, 6.45) is 5.11. The molecule has 1 spiro atoms. The third-order valence-corrected chi connectivity index (χ3v) is 5.62. The lowest BCUT2D eigenvalue weighted by Gasteiger charge is -2.52. The van der Waals surface area contributed by atoms with Gasteiger partial charge in [-0.2, -0.15) is 0 Å². The van der Waals surface area contributed by atoms with Gasteiger partial charge in [0.2, 0.25) is 5.78 Å². The fraction of sp³-hybridized carbons (Fsp3) is 0.632. The second-order valence-electron chi connectivity index (χ2n) is 8.77. The number of piperidine rings is 1. The molecule has 1 saturated carbocycles. The van der Waals surface area contributed by atoms with E-state index in [-0.39, 0.29) is 28.8 Å². The number of carbonyl (C=O) groups excluding carboxylic acids is 3. The molecule has 0 aromatic carbocycles. The highest BCUT2D eigenvalue weighted by Gasteiger charge is 2.47. The van der Waals surface area contributed by atoms with Gasteiger partial charge < -0.3 is 16.0 Å². The van der Waals surface area contributed by atoms with Crippen molar-refractivity contribution in [3.05, 3.63) is 18.1 Å². The van der Waals surface area contributed by atoms with Crippen molar-refractivity contribution >= 4 is 23.4 Å². The molecule has 1 aromatic heterocycles. The lowest BCUT2D eigenvalue weighted by atomic mass is 9.60. The Kier molecular flexibility index (Phi) is 4.92. The van der Waals surface area contributed by atoms with E-state index in [9.17, 15) is 14.4 Å². The molecule has 3 rings (SSSR count). The predicted molar refractivity (Wildman–Crippen MR) is 99.9 cm³/mol. The molecule has 1 aliphatic carbocycles. The molecule has 8 heteroatoms. The van der Waals surface area contributed by atoms with Crippen molar-refractivity contribution in [3.63, 3.8) is 0 Å². The average Bonchev–Trinajstić information content (AvgIpc) is 2.59. The second kappa shape index (κ2) is 6.90. The van der Waals surface area contributed by atoms with E-state index >= 15 is 0 Å². The Labute approximate surface area is 158 Å². The quantitative estimate of drug-likeness (QED) is 0.770. The van der Waals surface area contributed by atoms with Crippen LogP contribution in [0.2, 0.25) is 0 Å². The Balaban J connectivity index is 1.50.